The fourth-order valence-corrected chi connectivity index (χ4v) is 4.29. The van der Waals surface area contributed by atoms with Crippen LogP contribution in [0.25, 0.3) is 0 Å². The highest BCUT2D eigenvalue weighted by atomic mass is 16.7. The molecule has 1 aromatic carbocycles. The first-order valence-electron chi connectivity index (χ1n) is 15.6. The second-order valence-electron chi connectivity index (χ2n) is 11.3. The van der Waals surface area contributed by atoms with Crippen molar-refractivity contribution in [1.29, 1.82) is 0 Å². The molecular formula is C32H45N3O14. The highest BCUT2D eigenvalue weighted by Gasteiger charge is 2.48. The van der Waals surface area contributed by atoms with Crippen LogP contribution >= 0.6 is 0 Å². The van der Waals surface area contributed by atoms with E-state index in [1.807, 2.05) is 0 Å². The van der Waals surface area contributed by atoms with Crippen LogP contribution in [0.5, 0.6) is 5.75 Å². The summed E-state index contributed by atoms with van der Waals surface area (Å²) in [6.45, 7) is 9.92. The van der Waals surface area contributed by atoms with Crippen molar-refractivity contribution in [3.63, 3.8) is 0 Å². The SMILES string of the molecule is C=C(C)[C@H](NC(=O)CCOCCC(=O)CC)C(=O)N[C@@H](C)C(=O)Nc1cc(COC(=O)CC)ccc1O[C@@H]1O[C@H](C(=O)O)[C@@H](O)[C@H](O)[C@H]1O. The van der Waals surface area contributed by atoms with Gasteiger partial charge in [-0.15, -0.1) is 0 Å². The number of amides is 3. The van der Waals surface area contributed by atoms with Crippen molar-refractivity contribution < 1.29 is 68.1 Å². The van der Waals surface area contributed by atoms with Crippen LogP contribution in [0.3, 0.4) is 0 Å². The van der Waals surface area contributed by atoms with E-state index >= 15 is 0 Å². The molecular weight excluding hydrogens is 650 g/mol. The van der Waals surface area contributed by atoms with Crippen LogP contribution in [0.2, 0.25) is 0 Å². The topological polar surface area (TPSA) is 256 Å². The number of anilines is 1. The molecule has 0 aromatic heterocycles. The predicted octanol–water partition coefficient (Wildman–Crippen LogP) is -0.309. The van der Waals surface area contributed by atoms with Crippen molar-refractivity contribution >= 4 is 41.1 Å². The van der Waals surface area contributed by atoms with E-state index in [0.717, 1.165) is 0 Å². The number of carbonyl (C=O) groups is 6. The molecule has 0 aliphatic carbocycles. The number of Topliss-reactive ketones (excluding diaryl/α,β-unsaturated/α-hetero) is 1. The number of nitrogens with one attached hydrogen (secondary N) is 3. The molecule has 2 rings (SSSR count). The predicted molar refractivity (Wildman–Crippen MR) is 170 cm³/mol. The van der Waals surface area contributed by atoms with E-state index in [1.165, 1.54) is 32.0 Å². The van der Waals surface area contributed by atoms with Crippen LogP contribution in [-0.2, 0) is 49.6 Å². The summed E-state index contributed by atoms with van der Waals surface area (Å²) in [6, 6.07) is 1.69. The summed E-state index contributed by atoms with van der Waals surface area (Å²) >= 11 is 0. The summed E-state index contributed by atoms with van der Waals surface area (Å²) < 4.78 is 21.2. The van der Waals surface area contributed by atoms with Crippen molar-refractivity contribution in [2.45, 2.75) is 103 Å². The first-order chi connectivity index (χ1) is 23.1. The normalized spacial score (nSPS) is 21.4. The smallest absolute Gasteiger partial charge is 0.335 e. The van der Waals surface area contributed by atoms with Crippen molar-refractivity contribution in [3.05, 3.63) is 35.9 Å². The average Bonchev–Trinajstić information content (AvgIpc) is 3.06. The number of hydrogen-bond donors (Lipinski definition) is 7. The van der Waals surface area contributed by atoms with Gasteiger partial charge in [0.1, 0.15) is 48.5 Å². The van der Waals surface area contributed by atoms with Gasteiger partial charge >= 0.3 is 11.9 Å². The second kappa shape index (κ2) is 19.5. The zero-order chi connectivity index (χ0) is 36.8. The van der Waals surface area contributed by atoms with E-state index in [1.54, 1.807) is 13.8 Å². The van der Waals surface area contributed by atoms with Crippen molar-refractivity contribution in [1.82, 2.24) is 10.6 Å². The maximum Gasteiger partial charge on any atom is 0.335 e. The number of hydrogen-bond acceptors (Lipinski definition) is 13. The first-order valence-corrected chi connectivity index (χ1v) is 15.6. The number of aliphatic hydroxyl groups is 3. The number of benzene rings is 1. The van der Waals surface area contributed by atoms with E-state index < -0.39 is 72.4 Å². The number of rotatable bonds is 19. The van der Waals surface area contributed by atoms with Crippen LogP contribution in [0, 0.1) is 0 Å². The van der Waals surface area contributed by atoms with Gasteiger partial charge in [0.15, 0.2) is 6.10 Å². The molecule has 0 spiro atoms. The Morgan fingerprint density at radius 1 is 0.939 bits per heavy atom. The number of ether oxygens (including phenoxy) is 4. The van der Waals surface area contributed by atoms with Crippen LogP contribution in [0.4, 0.5) is 5.69 Å². The molecule has 1 saturated heterocycles. The summed E-state index contributed by atoms with van der Waals surface area (Å²) in [5, 5.41) is 47.5. The molecule has 0 saturated carbocycles. The van der Waals surface area contributed by atoms with E-state index in [4.69, 9.17) is 18.9 Å². The van der Waals surface area contributed by atoms with Gasteiger partial charge in [-0.1, -0.05) is 26.5 Å². The third-order valence-corrected chi connectivity index (χ3v) is 7.25. The molecule has 7 N–H and O–H groups in total. The highest BCUT2D eigenvalue weighted by molar-refractivity contribution is 5.99. The van der Waals surface area contributed by atoms with E-state index in [2.05, 4.69) is 22.5 Å². The second-order valence-corrected chi connectivity index (χ2v) is 11.3. The molecule has 17 nitrogen and oxygen atoms in total. The fourth-order valence-electron chi connectivity index (χ4n) is 4.29. The maximum atomic E-state index is 13.3. The van der Waals surface area contributed by atoms with Gasteiger partial charge < -0.3 is 55.3 Å². The van der Waals surface area contributed by atoms with Crippen LogP contribution < -0.4 is 20.7 Å². The number of carbonyl (C=O) groups excluding carboxylic acids is 5. The lowest BCUT2D eigenvalue weighted by Crippen LogP contribution is -2.61. The number of esters is 1. The number of ketones is 1. The van der Waals surface area contributed by atoms with Crippen molar-refractivity contribution in [2.24, 2.45) is 0 Å². The Morgan fingerprint density at radius 2 is 1.61 bits per heavy atom. The lowest BCUT2D eigenvalue weighted by atomic mass is 9.99. The van der Waals surface area contributed by atoms with Gasteiger partial charge in [0.2, 0.25) is 24.0 Å². The standard InChI is InChI=1S/C32H45N3O14/c1-6-19(36)10-12-46-13-11-22(37)35-24(16(3)4)30(43)33-17(5)29(42)34-20-14-18(15-47-23(38)7-2)8-9-21(20)48-32-27(41)25(39)26(40)28(49-32)31(44)45/h8-9,14,17,24-28,32,39-41H,3,6-7,10-13,15H2,1-2,4-5H3,(H,33,43)(H,34,42)(H,35,37)(H,44,45)/t17-,24-,25-,26-,27+,28-,32+/m0/s1. The zero-order valence-electron chi connectivity index (χ0n) is 27.8. The summed E-state index contributed by atoms with van der Waals surface area (Å²) in [5.41, 5.74) is 0.580. The third kappa shape index (κ3) is 12.5. The maximum absolute atomic E-state index is 13.3. The first kappa shape index (κ1) is 40.8. The molecule has 1 heterocycles. The quantitative estimate of drug-likeness (QED) is 0.0557. The number of aliphatic carboxylic acids is 1. The summed E-state index contributed by atoms with van der Waals surface area (Å²) in [5.74, 6) is -4.34. The Kier molecular flexibility index (Phi) is 16.3. The van der Waals surface area contributed by atoms with Crippen molar-refractivity contribution in [2.75, 3.05) is 18.5 Å². The van der Waals surface area contributed by atoms with Crippen LogP contribution in [0.1, 0.15) is 58.9 Å². The Bertz CT molecular complexity index is 1370. The molecule has 272 valence electrons. The van der Waals surface area contributed by atoms with E-state index in [0.29, 0.717) is 12.0 Å². The number of carboxylic acids is 1. The molecule has 49 heavy (non-hydrogen) atoms. The lowest BCUT2D eigenvalue weighted by Gasteiger charge is -2.38. The van der Waals surface area contributed by atoms with Gasteiger partial charge in [-0.3, -0.25) is 24.0 Å². The van der Waals surface area contributed by atoms with Gasteiger partial charge in [-0.2, -0.15) is 0 Å². The highest BCUT2D eigenvalue weighted by Crippen LogP contribution is 2.31. The minimum absolute atomic E-state index is 0.0205. The van der Waals surface area contributed by atoms with Crippen LogP contribution in [0.15, 0.2) is 30.4 Å². The Morgan fingerprint density at radius 3 is 2.22 bits per heavy atom. The van der Waals surface area contributed by atoms with Gasteiger partial charge in [0, 0.05) is 25.7 Å². The average molecular weight is 696 g/mol. The Balaban J connectivity index is 2.16. The number of aliphatic hydroxyl groups excluding tert-OH is 3. The molecule has 0 bridgehead atoms. The van der Waals surface area contributed by atoms with Gasteiger partial charge in [-0.05, 0) is 37.1 Å². The van der Waals surface area contributed by atoms with Gasteiger partial charge in [-0.25, -0.2) is 4.79 Å². The van der Waals surface area contributed by atoms with Gasteiger partial charge in [0.05, 0.1) is 18.9 Å². The number of carboxylic acid groups (broad SMARTS) is 1. The van der Waals surface area contributed by atoms with Crippen molar-refractivity contribution in [3.8, 4) is 5.75 Å². The third-order valence-electron chi connectivity index (χ3n) is 7.25. The molecule has 0 radical (unpaired) electrons. The molecule has 17 heteroatoms. The van der Waals surface area contributed by atoms with Crippen LogP contribution in [-0.4, -0.2) is 112 Å². The lowest BCUT2D eigenvalue weighted by molar-refractivity contribution is -0.271. The molecule has 0 unspecified atom stereocenters. The van der Waals surface area contributed by atoms with E-state index in [9.17, 15) is 49.2 Å². The van der Waals surface area contributed by atoms with Gasteiger partial charge in [0.25, 0.3) is 0 Å². The monoisotopic (exact) mass is 695 g/mol. The fraction of sp³-hybridized carbons (Fsp3) is 0.562. The molecule has 1 aliphatic rings. The molecule has 1 aliphatic heterocycles. The zero-order valence-corrected chi connectivity index (χ0v) is 27.8. The minimum atomic E-state index is -1.96. The molecule has 7 atom stereocenters. The Labute approximate surface area is 282 Å². The largest absolute Gasteiger partial charge is 0.479 e. The summed E-state index contributed by atoms with van der Waals surface area (Å²) in [4.78, 5) is 73.3. The Hall–Kier alpha value is -4.42. The molecule has 1 fully saturated rings. The summed E-state index contributed by atoms with van der Waals surface area (Å²) in [6.07, 6.45) is -8.94. The minimum Gasteiger partial charge on any atom is -0.479 e. The van der Waals surface area contributed by atoms with E-state index in [-0.39, 0.29) is 61.9 Å². The molecule has 1 aromatic rings. The molecule has 3 amide bonds. The summed E-state index contributed by atoms with van der Waals surface area (Å²) in [7, 11) is 0.